The molecule has 0 aliphatic heterocycles. The third-order valence-electron chi connectivity index (χ3n) is 3.42. The average Bonchev–Trinajstić information content (AvgIpc) is 3.11. The fraction of sp³-hybridized carbons (Fsp3) is 0.111. The summed E-state index contributed by atoms with van der Waals surface area (Å²) in [4.78, 5) is 20.2. The van der Waals surface area contributed by atoms with Crippen LogP contribution in [0.15, 0.2) is 66.0 Å². The quantitative estimate of drug-likeness (QED) is 0.675. The Labute approximate surface area is 144 Å². The van der Waals surface area contributed by atoms with Gasteiger partial charge in [-0.1, -0.05) is 29.4 Å². The first-order valence-electron chi connectivity index (χ1n) is 7.73. The van der Waals surface area contributed by atoms with Crippen molar-refractivity contribution in [1.29, 1.82) is 0 Å². The topological polar surface area (TPSA) is 92.9 Å². The molecule has 0 spiro atoms. The number of nitrogens with zero attached hydrogens (tertiary/aromatic N) is 3. The van der Waals surface area contributed by atoms with Crippen molar-refractivity contribution < 1.29 is 9.32 Å². The minimum Gasteiger partial charge on any atom is -0.339 e. The first-order valence-corrected chi connectivity index (χ1v) is 7.73. The summed E-state index contributed by atoms with van der Waals surface area (Å²) in [5, 5.41) is 9.47. The lowest BCUT2D eigenvalue weighted by molar-refractivity contribution is 0.253. The highest BCUT2D eigenvalue weighted by Crippen LogP contribution is 2.20. The van der Waals surface area contributed by atoms with Gasteiger partial charge >= 0.3 is 6.03 Å². The Morgan fingerprint density at radius 1 is 1.20 bits per heavy atom. The molecule has 0 atom stereocenters. The zero-order valence-corrected chi connectivity index (χ0v) is 13.5. The van der Waals surface area contributed by atoms with Gasteiger partial charge in [-0.25, -0.2) is 4.79 Å². The van der Waals surface area contributed by atoms with Crippen LogP contribution in [0.4, 0.5) is 10.5 Å². The summed E-state index contributed by atoms with van der Waals surface area (Å²) in [6.07, 6.45) is 5.37. The van der Waals surface area contributed by atoms with Crippen LogP contribution in [-0.4, -0.2) is 27.7 Å². The molecule has 0 aliphatic rings. The lowest BCUT2D eigenvalue weighted by atomic mass is 10.1. The SMILES string of the molecule is C=CCNC(=O)Nc1ccccc1Cc1nc(-c2ccncc2)no1. The number of carbonyl (C=O) groups is 1. The zero-order chi connectivity index (χ0) is 17.5. The van der Waals surface area contributed by atoms with Gasteiger partial charge < -0.3 is 15.2 Å². The molecule has 126 valence electrons. The minimum absolute atomic E-state index is 0.296. The van der Waals surface area contributed by atoms with E-state index in [2.05, 4.69) is 32.3 Å². The fourth-order valence-corrected chi connectivity index (χ4v) is 2.24. The van der Waals surface area contributed by atoms with E-state index in [4.69, 9.17) is 4.52 Å². The highest BCUT2D eigenvalue weighted by molar-refractivity contribution is 5.90. The Hall–Kier alpha value is -3.48. The number of para-hydroxylation sites is 1. The number of amides is 2. The smallest absolute Gasteiger partial charge is 0.319 e. The second-order valence-corrected chi connectivity index (χ2v) is 5.21. The molecule has 2 N–H and O–H groups in total. The maximum Gasteiger partial charge on any atom is 0.319 e. The molecule has 7 nitrogen and oxygen atoms in total. The summed E-state index contributed by atoms with van der Waals surface area (Å²) in [7, 11) is 0. The van der Waals surface area contributed by atoms with Gasteiger partial charge in [0.1, 0.15) is 0 Å². The van der Waals surface area contributed by atoms with E-state index >= 15 is 0 Å². The zero-order valence-electron chi connectivity index (χ0n) is 13.5. The molecule has 7 heteroatoms. The second-order valence-electron chi connectivity index (χ2n) is 5.21. The molecular weight excluding hydrogens is 318 g/mol. The van der Waals surface area contributed by atoms with E-state index in [-0.39, 0.29) is 6.03 Å². The molecule has 0 aliphatic carbocycles. The Morgan fingerprint density at radius 2 is 2.00 bits per heavy atom. The number of carbonyl (C=O) groups excluding carboxylic acids is 1. The van der Waals surface area contributed by atoms with Gasteiger partial charge in [-0.05, 0) is 23.8 Å². The van der Waals surface area contributed by atoms with Crippen molar-refractivity contribution in [3.8, 4) is 11.4 Å². The maximum absolute atomic E-state index is 11.8. The number of pyridine rings is 1. The van der Waals surface area contributed by atoms with Crippen LogP contribution in [0, 0.1) is 0 Å². The van der Waals surface area contributed by atoms with E-state index in [1.54, 1.807) is 18.5 Å². The van der Waals surface area contributed by atoms with Crippen LogP contribution in [0.3, 0.4) is 0 Å². The number of benzene rings is 1. The molecule has 0 radical (unpaired) electrons. The first-order chi connectivity index (χ1) is 12.3. The van der Waals surface area contributed by atoms with Crippen molar-refractivity contribution in [2.24, 2.45) is 0 Å². The van der Waals surface area contributed by atoms with Crippen molar-refractivity contribution in [2.75, 3.05) is 11.9 Å². The summed E-state index contributed by atoms with van der Waals surface area (Å²) in [5.74, 6) is 0.971. The van der Waals surface area contributed by atoms with Crippen molar-refractivity contribution >= 4 is 11.7 Å². The highest BCUT2D eigenvalue weighted by atomic mass is 16.5. The van der Waals surface area contributed by atoms with Crippen LogP contribution in [-0.2, 0) is 6.42 Å². The van der Waals surface area contributed by atoms with Gasteiger partial charge in [-0.2, -0.15) is 4.98 Å². The van der Waals surface area contributed by atoms with Crippen LogP contribution in [0.25, 0.3) is 11.4 Å². The molecule has 0 unspecified atom stereocenters. The lowest BCUT2D eigenvalue weighted by Gasteiger charge is -2.10. The van der Waals surface area contributed by atoms with E-state index in [0.717, 1.165) is 11.1 Å². The molecule has 3 aromatic rings. The molecule has 0 fully saturated rings. The molecule has 0 bridgehead atoms. The number of aromatic nitrogens is 3. The molecule has 0 saturated carbocycles. The standard InChI is InChI=1S/C18H17N5O2/c1-2-9-20-18(24)21-15-6-4-3-5-14(15)12-16-22-17(23-25-16)13-7-10-19-11-8-13/h2-8,10-11H,1,9,12H2,(H2,20,21,24). The van der Waals surface area contributed by atoms with Gasteiger partial charge in [-0.3, -0.25) is 4.98 Å². The van der Waals surface area contributed by atoms with Crippen LogP contribution in [0.5, 0.6) is 0 Å². The van der Waals surface area contributed by atoms with E-state index in [0.29, 0.717) is 30.4 Å². The number of urea groups is 1. The lowest BCUT2D eigenvalue weighted by Crippen LogP contribution is -2.29. The van der Waals surface area contributed by atoms with Gasteiger partial charge in [0, 0.05) is 30.2 Å². The summed E-state index contributed by atoms with van der Waals surface area (Å²) in [6, 6.07) is 10.8. The monoisotopic (exact) mass is 335 g/mol. The van der Waals surface area contributed by atoms with Gasteiger partial charge in [0.25, 0.3) is 0 Å². The first kappa shape index (κ1) is 16.4. The third-order valence-corrected chi connectivity index (χ3v) is 3.42. The van der Waals surface area contributed by atoms with Crippen LogP contribution < -0.4 is 10.6 Å². The summed E-state index contributed by atoms with van der Waals surface area (Å²) >= 11 is 0. The Morgan fingerprint density at radius 3 is 2.80 bits per heavy atom. The van der Waals surface area contributed by atoms with Crippen molar-refractivity contribution in [3.05, 3.63) is 72.9 Å². The Bertz CT molecular complexity index is 861. The van der Waals surface area contributed by atoms with Gasteiger partial charge in [0.2, 0.25) is 11.7 Å². The van der Waals surface area contributed by atoms with Crippen molar-refractivity contribution in [1.82, 2.24) is 20.4 Å². The van der Waals surface area contributed by atoms with E-state index < -0.39 is 0 Å². The van der Waals surface area contributed by atoms with E-state index in [1.165, 1.54) is 0 Å². The number of hydrogen-bond acceptors (Lipinski definition) is 5. The largest absolute Gasteiger partial charge is 0.339 e. The van der Waals surface area contributed by atoms with Crippen LogP contribution >= 0.6 is 0 Å². The van der Waals surface area contributed by atoms with Crippen molar-refractivity contribution in [2.45, 2.75) is 6.42 Å². The number of rotatable bonds is 6. The normalized spacial score (nSPS) is 10.2. The molecular formula is C18H17N5O2. The second kappa shape index (κ2) is 7.87. The maximum atomic E-state index is 11.8. The molecule has 2 heterocycles. The third kappa shape index (κ3) is 4.29. The molecule has 1 aromatic carbocycles. The average molecular weight is 335 g/mol. The predicted molar refractivity (Wildman–Crippen MR) is 94.0 cm³/mol. The number of anilines is 1. The van der Waals surface area contributed by atoms with E-state index in [1.807, 2.05) is 36.4 Å². The van der Waals surface area contributed by atoms with Gasteiger partial charge in [0.15, 0.2) is 0 Å². The summed E-state index contributed by atoms with van der Waals surface area (Å²) < 4.78 is 5.32. The summed E-state index contributed by atoms with van der Waals surface area (Å²) in [5.41, 5.74) is 2.40. The molecule has 3 rings (SSSR count). The minimum atomic E-state index is -0.296. The molecule has 2 aromatic heterocycles. The predicted octanol–water partition coefficient (Wildman–Crippen LogP) is 3.03. The molecule has 25 heavy (non-hydrogen) atoms. The van der Waals surface area contributed by atoms with Crippen LogP contribution in [0.2, 0.25) is 0 Å². The fourth-order valence-electron chi connectivity index (χ4n) is 2.24. The van der Waals surface area contributed by atoms with Crippen LogP contribution in [0.1, 0.15) is 11.5 Å². The molecule has 2 amide bonds. The van der Waals surface area contributed by atoms with Crippen molar-refractivity contribution in [3.63, 3.8) is 0 Å². The van der Waals surface area contributed by atoms with Gasteiger partial charge in [-0.15, -0.1) is 6.58 Å². The Kier molecular flexibility index (Phi) is 5.16. The van der Waals surface area contributed by atoms with Gasteiger partial charge in [0.05, 0.1) is 6.42 Å². The highest BCUT2D eigenvalue weighted by Gasteiger charge is 2.12. The number of hydrogen-bond donors (Lipinski definition) is 2. The molecule has 0 saturated heterocycles. The Balaban J connectivity index is 1.74. The van der Waals surface area contributed by atoms with E-state index in [9.17, 15) is 4.79 Å². The number of nitrogens with one attached hydrogen (secondary N) is 2. The summed E-state index contributed by atoms with van der Waals surface area (Å²) in [6.45, 7) is 3.96.